The fraction of sp³-hybridized carbons (Fsp3) is 0.143. The molecule has 0 aliphatic carbocycles. The molecule has 3 rings (SSSR count). The molecule has 3 aromatic rings. The zero-order valence-corrected chi connectivity index (χ0v) is 12.1. The van der Waals surface area contributed by atoms with E-state index in [1.807, 2.05) is 22.2 Å². The summed E-state index contributed by atoms with van der Waals surface area (Å²) in [5.74, 6) is 0.0170. The molecule has 0 spiro atoms. The van der Waals surface area contributed by atoms with Crippen LogP contribution in [-0.4, -0.2) is 20.9 Å². The molecule has 0 N–H and O–H groups in total. The van der Waals surface area contributed by atoms with Crippen molar-refractivity contribution in [3.05, 3.63) is 53.6 Å². The number of fused-ring (bicyclic) bond motifs is 1. The van der Waals surface area contributed by atoms with Crippen LogP contribution in [0.5, 0.6) is 0 Å². The number of imidazole rings is 1. The number of carbonyl (C=O) groups excluding carboxylic acids is 1. The Morgan fingerprint density at radius 3 is 3.05 bits per heavy atom. The first-order valence-corrected chi connectivity index (χ1v) is 7.89. The number of hydrogen-bond acceptors (Lipinski definition) is 4. The molecule has 2 aromatic heterocycles. The summed E-state index contributed by atoms with van der Waals surface area (Å²) >= 11 is 2.76. The van der Waals surface area contributed by atoms with Crippen LogP contribution in [0.1, 0.15) is 5.69 Å². The molecule has 0 aliphatic heterocycles. The highest BCUT2D eigenvalue weighted by molar-refractivity contribution is 8.00. The van der Waals surface area contributed by atoms with E-state index < -0.39 is 0 Å². The molecule has 0 amide bonds. The van der Waals surface area contributed by atoms with E-state index in [0.717, 1.165) is 10.7 Å². The number of benzene rings is 1. The van der Waals surface area contributed by atoms with E-state index in [-0.39, 0.29) is 23.8 Å². The molecule has 0 aliphatic rings. The molecule has 0 bridgehead atoms. The van der Waals surface area contributed by atoms with Gasteiger partial charge in [-0.15, -0.1) is 23.1 Å². The topological polar surface area (TPSA) is 34.4 Å². The third-order valence-corrected chi connectivity index (χ3v) is 4.63. The van der Waals surface area contributed by atoms with Crippen molar-refractivity contribution in [2.45, 2.75) is 11.3 Å². The predicted octanol–water partition coefficient (Wildman–Crippen LogP) is 3.44. The van der Waals surface area contributed by atoms with Crippen molar-refractivity contribution in [3.63, 3.8) is 0 Å². The van der Waals surface area contributed by atoms with E-state index in [1.165, 1.54) is 29.2 Å². The van der Waals surface area contributed by atoms with Crippen LogP contribution >= 0.6 is 23.1 Å². The zero-order valence-electron chi connectivity index (χ0n) is 10.5. The maximum absolute atomic E-state index is 13.4. The van der Waals surface area contributed by atoms with Gasteiger partial charge in [0, 0.05) is 22.7 Å². The van der Waals surface area contributed by atoms with Gasteiger partial charge in [0.15, 0.2) is 4.96 Å². The summed E-state index contributed by atoms with van der Waals surface area (Å²) in [7, 11) is 0. The van der Waals surface area contributed by atoms with Crippen molar-refractivity contribution in [1.82, 2.24) is 9.38 Å². The number of aromatic nitrogens is 2. The Morgan fingerprint density at radius 1 is 1.40 bits per heavy atom. The lowest BCUT2D eigenvalue weighted by Crippen LogP contribution is -2.06. The van der Waals surface area contributed by atoms with E-state index in [1.54, 1.807) is 18.2 Å². The second kappa shape index (κ2) is 5.76. The van der Waals surface area contributed by atoms with E-state index in [2.05, 4.69) is 4.98 Å². The Hall–Kier alpha value is -1.66. The first kappa shape index (κ1) is 13.3. The molecule has 3 nitrogen and oxygen atoms in total. The fourth-order valence-electron chi connectivity index (χ4n) is 1.83. The van der Waals surface area contributed by atoms with Crippen LogP contribution in [0.2, 0.25) is 0 Å². The number of thiazole rings is 1. The molecule has 1 aromatic carbocycles. The minimum absolute atomic E-state index is 0.0454. The standard InChI is InChI=1S/C14H11FN2OS2/c15-12-3-1-2-4-13(12)20-9-11(18)7-10-8-17-5-6-19-14(17)16-10/h1-6,8H,7,9H2. The molecule has 2 heterocycles. The molecule has 0 atom stereocenters. The summed E-state index contributed by atoms with van der Waals surface area (Å²) in [6.45, 7) is 0. The minimum Gasteiger partial charge on any atom is -0.298 e. The summed E-state index contributed by atoms with van der Waals surface area (Å²) < 4.78 is 15.3. The largest absolute Gasteiger partial charge is 0.298 e. The lowest BCUT2D eigenvalue weighted by molar-refractivity contribution is -0.116. The van der Waals surface area contributed by atoms with Crippen LogP contribution in [0.3, 0.4) is 0 Å². The third-order valence-electron chi connectivity index (χ3n) is 2.75. The quantitative estimate of drug-likeness (QED) is 0.677. The second-order valence-electron chi connectivity index (χ2n) is 4.26. The summed E-state index contributed by atoms with van der Waals surface area (Å²) in [5.41, 5.74) is 0.760. The molecule has 0 saturated heterocycles. The smallest absolute Gasteiger partial charge is 0.193 e. The van der Waals surface area contributed by atoms with Crippen LogP contribution < -0.4 is 0 Å². The highest BCUT2D eigenvalue weighted by atomic mass is 32.2. The first-order chi connectivity index (χ1) is 9.72. The van der Waals surface area contributed by atoms with Gasteiger partial charge >= 0.3 is 0 Å². The summed E-state index contributed by atoms with van der Waals surface area (Å²) in [6, 6.07) is 6.48. The third kappa shape index (κ3) is 2.91. The van der Waals surface area contributed by atoms with Gasteiger partial charge in [-0.1, -0.05) is 12.1 Å². The fourth-order valence-corrected chi connectivity index (χ4v) is 3.35. The highest BCUT2D eigenvalue weighted by Crippen LogP contribution is 2.21. The Morgan fingerprint density at radius 2 is 2.25 bits per heavy atom. The molecular formula is C14H11FN2OS2. The average Bonchev–Trinajstić information content (AvgIpc) is 2.98. The van der Waals surface area contributed by atoms with Crippen molar-refractivity contribution in [2.75, 3.05) is 5.75 Å². The Balaban J connectivity index is 1.60. The van der Waals surface area contributed by atoms with Gasteiger partial charge in [0.2, 0.25) is 0 Å². The number of nitrogens with zero attached hydrogens (tertiary/aromatic N) is 2. The van der Waals surface area contributed by atoms with Crippen LogP contribution in [0.15, 0.2) is 46.9 Å². The maximum atomic E-state index is 13.4. The van der Waals surface area contributed by atoms with E-state index in [9.17, 15) is 9.18 Å². The van der Waals surface area contributed by atoms with Crippen molar-refractivity contribution in [1.29, 1.82) is 0 Å². The zero-order chi connectivity index (χ0) is 13.9. The minimum atomic E-state index is -0.284. The van der Waals surface area contributed by atoms with Crippen LogP contribution in [0.25, 0.3) is 4.96 Å². The normalized spacial score (nSPS) is 11.1. The number of ketones is 1. The lowest BCUT2D eigenvalue weighted by atomic mass is 10.2. The van der Waals surface area contributed by atoms with E-state index in [4.69, 9.17) is 0 Å². The summed E-state index contributed by atoms with van der Waals surface area (Å²) in [4.78, 5) is 17.7. The Kier molecular flexibility index (Phi) is 3.84. The predicted molar refractivity (Wildman–Crippen MR) is 78.9 cm³/mol. The molecule has 102 valence electrons. The van der Waals surface area contributed by atoms with Gasteiger partial charge in [0.25, 0.3) is 0 Å². The number of halogens is 1. The molecule has 0 fully saturated rings. The van der Waals surface area contributed by atoms with Gasteiger partial charge in [-0.2, -0.15) is 0 Å². The van der Waals surface area contributed by atoms with Crippen LogP contribution in [0.4, 0.5) is 4.39 Å². The Labute approximate surface area is 123 Å². The van der Waals surface area contributed by atoms with Gasteiger partial charge in [-0.05, 0) is 12.1 Å². The van der Waals surface area contributed by atoms with Crippen molar-refractivity contribution in [3.8, 4) is 0 Å². The van der Waals surface area contributed by atoms with Crippen LogP contribution in [0, 0.1) is 5.82 Å². The number of hydrogen-bond donors (Lipinski definition) is 0. The van der Waals surface area contributed by atoms with E-state index in [0.29, 0.717) is 4.90 Å². The van der Waals surface area contributed by atoms with Gasteiger partial charge in [-0.25, -0.2) is 9.37 Å². The molecule has 6 heteroatoms. The van der Waals surface area contributed by atoms with Gasteiger partial charge in [0.05, 0.1) is 17.9 Å². The molecule has 0 unspecified atom stereocenters. The van der Waals surface area contributed by atoms with Crippen molar-refractivity contribution < 1.29 is 9.18 Å². The maximum Gasteiger partial charge on any atom is 0.193 e. The molecule has 0 radical (unpaired) electrons. The summed E-state index contributed by atoms with van der Waals surface area (Å²) in [5, 5.41) is 1.95. The molecule has 20 heavy (non-hydrogen) atoms. The SMILES string of the molecule is O=C(CSc1ccccc1F)Cc1cn2ccsc2n1. The van der Waals surface area contributed by atoms with Gasteiger partial charge in [0.1, 0.15) is 11.6 Å². The summed E-state index contributed by atoms with van der Waals surface area (Å²) in [6.07, 6.45) is 4.06. The molecular weight excluding hydrogens is 295 g/mol. The number of carbonyl (C=O) groups is 1. The highest BCUT2D eigenvalue weighted by Gasteiger charge is 2.10. The van der Waals surface area contributed by atoms with Crippen molar-refractivity contribution >= 4 is 33.8 Å². The number of rotatable bonds is 5. The second-order valence-corrected chi connectivity index (χ2v) is 6.15. The Bertz CT molecular complexity index is 722. The average molecular weight is 306 g/mol. The van der Waals surface area contributed by atoms with E-state index >= 15 is 0 Å². The molecule has 0 saturated carbocycles. The van der Waals surface area contributed by atoms with Crippen LogP contribution in [-0.2, 0) is 11.2 Å². The van der Waals surface area contributed by atoms with Gasteiger partial charge in [-0.3, -0.25) is 9.20 Å². The lowest BCUT2D eigenvalue weighted by Gasteiger charge is -2.01. The van der Waals surface area contributed by atoms with Gasteiger partial charge < -0.3 is 0 Å². The monoisotopic (exact) mass is 306 g/mol. The number of thioether (sulfide) groups is 1. The van der Waals surface area contributed by atoms with Crippen molar-refractivity contribution in [2.24, 2.45) is 0 Å². The number of Topliss-reactive ketones (excluding diaryl/α,β-unsaturated/α-hetero) is 1. The first-order valence-electron chi connectivity index (χ1n) is 6.02.